The molecule has 0 bridgehead atoms. The summed E-state index contributed by atoms with van der Waals surface area (Å²) in [6.45, 7) is 0. The summed E-state index contributed by atoms with van der Waals surface area (Å²) in [5.41, 5.74) is 9.06. The molecule has 0 fully saturated rings. The molecular formula is C16H17N. The van der Waals surface area contributed by atoms with Gasteiger partial charge in [-0.1, -0.05) is 54.1 Å². The Bertz CT molecular complexity index is 563. The molecule has 0 saturated carbocycles. The number of hydrogen-bond acceptors (Lipinski definition) is 1. The molecule has 1 nitrogen and oxygen atoms in total. The molecule has 86 valence electrons. The molecule has 1 aliphatic rings. The maximum Gasteiger partial charge on any atom is 0.0517 e. The zero-order valence-corrected chi connectivity index (χ0v) is 9.89. The lowest BCUT2D eigenvalue weighted by atomic mass is 9.94. The van der Waals surface area contributed by atoms with Crippen LogP contribution < -0.4 is 5.73 Å². The van der Waals surface area contributed by atoms with E-state index < -0.39 is 0 Å². The van der Waals surface area contributed by atoms with E-state index in [1.165, 1.54) is 34.8 Å². The molecule has 0 heterocycles. The summed E-state index contributed by atoms with van der Waals surface area (Å²) >= 11 is 0. The van der Waals surface area contributed by atoms with Gasteiger partial charge in [0.05, 0.1) is 6.04 Å². The van der Waals surface area contributed by atoms with E-state index in [0.717, 1.165) is 6.42 Å². The van der Waals surface area contributed by atoms with Crippen molar-refractivity contribution in [3.63, 3.8) is 0 Å². The Labute approximate surface area is 102 Å². The van der Waals surface area contributed by atoms with Crippen LogP contribution in [0.5, 0.6) is 0 Å². The molecule has 0 saturated heterocycles. The summed E-state index contributed by atoms with van der Waals surface area (Å²) in [6.07, 6.45) is 5.92. The molecule has 2 aromatic carbocycles. The van der Waals surface area contributed by atoms with Crippen LogP contribution in [-0.2, 0) is 0 Å². The van der Waals surface area contributed by atoms with E-state index in [2.05, 4.69) is 48.5 Å². The Morgan fingerprint density at radius 2 is 1.82 bits per heavy atom. The van der Waals surface area contributed by atoms with Crippen molar-refractivity contribution in [3.05, 3.63) is 59.7 Å². The summed E-state index contributed by atoms with van der Waals surface area (Å²) in [5.74, 6) is 0. The molecule has 0 aliphatic heterocycles. The van der Waals surface area contributed by atoms with Gasteiger partial charge in [0.15, 0.2) is 0 Å². The first kappa shape index (κ1) is 10.5. The van der Waals surface area contributed by atoms with Crippen molar-refractivity contribution in [3.8, 4) is 0 Å². The molecule has 1 aliphatic carbocycles. The minimum absolute atomic E-state index is 0.0728. The number of benzene rings is 2. The van der Waals surface area contributed by atoms with Gasteiger partial charge >= 0.3 is 0 Å². The highest BCUT2D eigenvalue weighted by molar-refractivity contribution is 5.86. The van der Waals surface area contributed by atoms with E-state index in [1.807, 2.05) is 0 Å². The summed E-state index contributed by atoms with van der Waals surface area (Å²) in [6, 6.07) is 15.0. The van der Waals surface area contributed by atoms with Gasteiger partial charge in [-0.15, -0.1) is 0 Å². The van der Waals surface area contributed by atoms with Crippen molar-refractivity contribution in [2.75, 3.05) is 0 Å². The van der Waals surface area contributed by atoms with Crippen molar-refractivity contribution in [1.29, 1.82) is 0 Å². The maximum atomic E-state index is 6.40. The van der Waals surface area contributed by atoms with Gasteiger partial charge in [-0.25, -0.2) is 0 Å². The average Bonchev–Trinajstić information content (AvgIpc) is 2.91. The SMILES string of the molecule is NC(C1=CCCC1)c1cccc2ccccc12. The molecule has 0 aromatic heterocycles. The maximum absolute atomic E-state index is 6.40. The van der Waals surface area contributed by atoms with Crippen LogP contribution in [0.15, 0.2) is 54.1 Å². The second kappa shape index (κ2) is 4.34. The van der Waals surface area contributed by atoms with Crippen molar-refractivity contribution in [2.24, 2.45) is 5.73 Å². The van der Waals surface area contributed by atoms with Crippen LogP contribution in [0.25, 0.3) is 10.8 Å². The third kappa shape index (κ3) is 1.87. The van der Waals surface area contributed by atoms with Crippen LogP contribution >= 0.6 is 0 Å². The molecule has 0 radical (unpaired) electrons. The fourth-order valence-electron chi connectivity index (χ4n) is 2.70. The summed E-state index contributed by atoms with van der Waals surface area (Å²) in [7, 11) is 0. The number of nitrogens with two attached hydrogens (primary N) is 1. The smallest absolute Gasteiger partial charge is 0.0517 e. The first-order chi connectivity index (χ1) is 8.36. The highest BCUT2D eigenvalue weighted by atomic mass is 14.6. The van der Waals surface area contributed by atoms with Gasteiger partial charge in [0.1, 0.15) is 0 Å². The minimum Gasteiger partial charge on any atom is -0.321 e. The first-order valence-corrected chi connectivity index (χ1v) is 6.28. The number of hydrogen-bond donors (Lipinski definition) is 1. The van der Waals surface area contributed by atoms with E-state index >= 15 is 0 Å². The van der Waals surface area contributed by atoms with Gasteiger partial charge < -0.3 is 5.73 Å². The van der Waals surface area contributed by atoms with Crippen LogP contribution in [0.1, 0.15) is 30.9 Å². The van der Waals surface area contributed by atoms with E-state index in [4.69, 9.17) is 5.73 Å². The van der Waals surface area contributed by atoms with E-state index in [9.17, 15) is 0 Å². The fraction of sp³-hybridized carbons (Fsp3) is 0.250. The van der Waals surface area contributed by atoms with Gasteiger partial charge in [-0.3, -0.25) is 0 Å². The van der Waals surface area contributed by atoms with Crippen LogP contribution in [0.2, 0.25) is 0 Å². The molecule has 0 spiro atoms. The van der Waals surface area contributed by atoms with Crippen LogP contribution in [0.3, 0.4) is 0 Å². The highest BCUT2D eigenvalue weighted by Gasteiger charge is 2.16. The molecule has 3 rings (SSSR count). The predicted octanol–water partition coefficient (Wildman–Crippen LogP) is 3.95. The zero-order chi connectivity index (χ0) is 11.7. The van der Waals surface area contributed by atoms with Gasteiger partial charge in [-0.2, -0.15) is 0 Å². The van der Waals surface area contributed by atoms with Crippen LogP contribution in [0, 0.1) is 0 Å². The van der Waals surface area contributed by atoms with Crippen LogP contribution in [0.4, 0.5) is 0 Å². The van der Waals surface area contributed by atoms with Crippen LogP contribution in [-0.4, -0.2) is 0 Å². The standard InChI is InChI=1S/C16H17N/c17-16(13-7-1-2-8-13)15-11-5-9-12-6-3-4-10-14(12)15/h3-7,9-11,16H,1-2,8,17H2. The summed E-state index contributed by atoms with van der Waals surface area (Å²) < 4.78 is 0. The predicted molar refractivity (Wildman–Crippen MR) is 72.8 cm³/mol. The van der Waals surface area contributed by atoms with Gasteiger partial charge in [0, 0.05) is 0 Å². The molecule has 1 unspecified atom stereocenters. The lowest BCUT2D eigenvalue weighted by molar-refractivity contribution is 0.790. The zero-order valence-electron chi connectivity index (χ0n) is 9.89. The lowest BCUT2D eigenvalue weighted by Crippen LogP contribution is -2.12. The van der Waals surface area contributed by atoms with Crippen molar-refractivity contribution in [2.45, 2.75) is 25.3 Å². The fourth-order valence-corrected chi connectivity index (χ4v) is 2.70. The Morgan fingerprint density at radius 3 is 2.65 bits per heavy atom. The molecule has 2 aromatic rings. The van der Waals surface area contributed by atoms with Gasteiger partial charge in [-0.05, 0) is 35.6 Å². The molecule has 2 N–H and O–H groups in total. The lowest BCUT2D eigenvalue weighted by Gasteiger charge is -2.16. The Balaban J connectivity index is 2.10. The summed E-state index contributed by atoms with van der Waals surface area (Å²) in [4.78, 5) is 0. The first-order valence-electron chi connectivity index (χ1n) is 6.28. The highest BCUT2D eigenvalue weighted by Crippen LogP contribution is 2.32. The Kier molecular flexibility index (Phi) is 2.69. The van der Waals surface area contributed by atoms with E-state index in [-0.39, 0.29) is 6.04 Å². The van der Waals surface area contributed by atoms with Gasteiger partial charge in [0.25, 0.3) is 0 Å². The second-order valence-electron chi connectivity index (χ2n) is 4.72. The molecule has 1 heteroatoms. The molecular weight excluding hydrogens is 206 g/mol. The Hall–Kier alpha value is -1.60. The Morgan fingerprint density at radius 1 is 1.00 bits per heavy atom. The molecule has 17 heavy (non-hydrogen) atoms. The third-order valence-corrected chi connectivity index (χ3v) is 3.63. The second-order valence-corrected chi connectivity index (χ2v) is 4.72. The van der Waals surface area contributed by atoms with Gasteiger partial charge in [0.2, 0.25) is 0 Å². The topological polar surface area (TPSA) is 26.0 Å². The third-order valence-electron chi connectivity index (χ3n) is 3.63. The normalized spacial score (nSPS) is 17.1. The van der Waals surface area contributed by atoms with E-state index in [0.29, 0.717) is 0 Å². The number of fused-ring (bicyclic) bond motifs is 1. The quantitative estimate of drug-likeness (QED) is 0.766. The largest absolute Gasteiger partial charge is 0.321 e. The number of rotatable bonds is 2. The minimum atomic E-state index is 0.0728. The summed E-state index contributed by atoms with van der Waals surface area (Å²) in [5, 5.41) is 2.56. The molecule has 0 amide bonds. The molecule has 1 atom stereocenters. The van der Waals surface area contributed by atoms with E-state index in [1.54, 1.807) is 0 Å². The monoisotopic (exact) mass is 223 g/mol. The van der Waals surface area contributed by atoms with Crippen molar-refractivity contribution >= 4 is 10.8 Å². The van der Waals surface area contributed by atoms with Crippen molar-refractivity contribution in [1.82, 2.24) is 0 Å². The average molecular weight is 223 g/mol. The van der Waals surface area contributed by atoms with Crippen molar-refractivity contribution < 1.29 is 0 Å². The number of allylic oxidation sites excluding steroid dienone is 1.